The normalized spacial score (nSPS) is 18.5. The molecule has 3 aliphatic rings. The summed E-state index contributed by atoms with van der Waals surface area (Å²) in [7, 11) is 0. The number of urea groups is 1. The number of nitriles is 1. The van der Waals surface area contributed by atoms with Crippen molar-refractivity contribution in [2.45, 2.75) is 39.7 Å². The van der Waals surface area contributed by atoms with Crippen molar-refractivity contribution >= 4 is 11.9 Å². The van der Waals surface area contributed by atoms with Gasteiger partial charge in [0.25, 0.3) is 0 Å². The third-order valence-corrected chi connectivity index (χ3v) is 5.02. The van der Waals surface area contributed by atoms with E-state index in [1.807, 2.05) is 44.2 Å². The highest BCUT2D eigenvalue weighted by Crippen LogP contribution is 2.27. The maximum atomic E-state index is 13.2. The molecule has 28 heavy (non-hydrogen) atoms. The second-order valence-electron chi connectivity index (χ2n) is 6.67. The maximum Gasteiger partial charge on any atom is 0.331 e. The van der Waals surface area contributed by atoms with Crippen LogP contribution >= 0.6 is 0 Å². The number of piperidine rings is 1. The molecule has 1 aromatic rings. The molecule has 0 aromatic heterocycles. The highest BCUT2D eigenvalue weighted by Gasteiger charge is 2.35. The second kappa shape index (κ2) is 9.23. The van der Waals surface area contributed by atoms with E-state index < -0.39 is 0 Å². The number of amidine groups is 1. The van der Waals surface area contributed by atoms with Gasteiger partial charge in [-0.2, -0.15) is 5.26 Å². The lowest BCUT2D eigenvalue weighted by atomic mass is 10.1. The molecule has 0 aliphatic carbocycles. The predicted molar refractivity (Wildman–Crippen MR) is 110 cm³/mol. The van der Waals surface area contributed by atoms with Gasteiger partial charge in [-0.25, -0.2) is 9.79 Å². The van der Waals surface area contributed by atoms with Crippen molar-refractivity contribution in [3.05, 3.63) is 59.6 Å². The van der Waals surface area contributed by atoms with E-state index in [1.54, 1.807) is 22.1 Å². The minimum Gasteiger partial charge on any atom is -0.358 e. The molecule has 6 nitrogen and oxygen atoms in total. The number of aliphatic imine (C=N–C) groups is 1. The molecule has 1 saturated heterocycles. The van der Waals surface area contributed by atoms with Crippen LogP contribution in [0.5, 0.6) is 0 Å². The minimum absolute atomic E-state index is 0.0797. The first-order valence-corrected chi connectivity index (χ1v) is 10.0. The van der Waals surface area contributed by atoms with Crippen LogP contribution in [0.15, 0.2) is 53.4 Å². The van der Waals surface area contributed by atoms with E-state index in [2.05, 4.69) is 16.0 Å². The number of carbonyl (C=O) groups is 1. The van der Waals surface area contributed by atoms with Gasteiger partial charge < -0.3 is 4.90 Å². The lowest BCUT2D eigenvalue weighted by molar-refractivity contribution is 0.151. The Labute approximate surface area is 167 Å². The summed E-state index contributed by atoms with van der Waals surface area (Å²) in [5.41, 5.74) is 1.47. The molecule has 0 atom stereocenters. The molecule has 146 valence electrons. The Morgan fingerprint density at radius 2 is 1.89 bits per heavy atom. The third kappa shape index (κ3) is 3.94. The molecule has 0 unspecified atom stereocenters. The molecule has 0 spiro atoms. The van der Waals surface area contributed by atoms with Gasteiger partial charge in [0.05, 0.1) is 18.2 Å². The molecule has 0 saturated carbocycles. The number of likely N-dealkylation sites (tertiary alicyclic amines) is 1. The van der Waals surface area contributed by atoms with Crippen molar-refractivity contribution in [1.82, 2.24) is 14.7 Å². The fraction of sp³-hybridized carbons (Fsp3) is 0.409. The van der Waals surface area contributed by atoms with Gasteiger partial charge >= 0.3 is 6.03 Å². The van der Waals surface area contributed by atoms with Crippen LogP contribution in [0.3, 0.4) is 0 Å². The highest BCUT2D eigenvalue weighted by molar-refractivity contribution is 6.07. The zero-order valence-corrected chi connectivity index (χ0v) is 16.6. The van der Waals surface area contributed by atoms with Gasteiger partial charge in [0, 0.05) is 31.9 Å². The van der Waals surface area contributed by atoms with Crippen LogP contribution in [0.2, 0.25) is 0 Å². The standard InChI is InChI=1S/C20H21N5O.C2H6/c21-14-16-7-2-3-8-17(16)15-25-19(23-10-4-1-5-11-23)13-18-22-9-6-12-24(18)20(25)26;1-2/h2-3,6-9,13H,1,4-5,10-12,15H2;1-2H3. The topological polar surface area (TPSA) is 62.9 Å². The second-order valence-corrected chi connectivity index (χ2v) is 6.67. The average molecular weight is 377 g/mol. The molecular weight excluding hydrogens is 350 g/mol. The van der Waals surface area contributed by atoms with E-state index in [1.165, 1.54) is 6.42 Å². The summed E-state index contributed by atoms with van der Waals surface area (Å²) in [6, 6.07) is 9.62. The molecule has 4 rings (SSSR count). The first-order valence-electron chi connectivity index (χ1n) is 10.0. The molecule has 3 heterocycles. The predicted octanol–water partition coefficient (Wildman–Crippen LogP) is 4.08. The van der Waals surface area contributed by atoms with E-state index >= 15 is 0 Å². The number of hydrogen-bond donors (Lipinski definition) is 0. The van der Waals surface area contributed by atoms with Crippen LogP contribution in [0.25, 0.3) is 0 Å². The molecule has 0 bridgehead atoms. The number of fused-ring (bicyclic) bond motifs is 1. The van der Waals surface area contributed by atoms with Gasteiger partial charge in [-0.3, -0.25) is 9.80 Å². The van der Waals surface area contributed by atoms with Gasteiger partial charge in [-0.1, -0.05) is 32.0 Å². The van der Waals surface area contributed by atoms with Gasteiger partial charge in [0.2, 0.25) is 0 Å². The quantitative estimate of drug-likeness (QED) is 0.797. The number of rotatable bonds is 3. The van der Waals surface area contributed by atoms with Crippen LogP contribution in [0, 0.1) is 11.3 Å². The number of carbonyl (C=O) groups excluding carboxylic acids is 1. The van der Waals surface area contributed by atoms with E-state index in [4.69, 9.17) is 0 Å². The van der Waals surface area contributed by atoms with Crippen LogP contribution in [0.4, 0.5) is 4.79 Å². The Bertz CT molecular complexity index is 843. The van der Waals surface area contributed by atoms with Gasteiger partial charge in [0.1, 0.15) is 11.7 Å². The van der Waals surface area contributed by atoms with E-state index in [0.29, 0.717) is 24.5 Å². The van der Waals surface area contributed by atoms with E-state index in [-0.39, 0.29) is 6.03 Å². The van der Waals surface area contributed by atoms with Crippen molar-refractivity contribution in [3.8, 4) is 6.07 Å². The van der Waals surface area contributed by atoms with Crippen molar-refractivity contribution in [2.75, 3.05) is 19.6 Å². The molecule has 1 aromatic carbocycles. The van der Waals surface area contributed by atoms with Crippen molar-refractivity contribution < 1.29 is 4.79 Å². The summed E-state index contributed by atoms with van der Waals surface area (Å²) in [6.07, 6.45) is 9.12. The van der Waals surface area contributed by atoms with E-state index in [0.717, 1.165) is 37.3 Å². The largest absolute Gasteiger partial charge is 0.358 e. The van der Waals surface area contributed by atoms with Crippen molar-refractivity contribution in [2.24, 2.45) is 4.99 Å². The lowest BCUT2D eigenvalue weighted by Crippen LogP contribution is -2.53. The summed E-state index contributed by atoms with van der Waals surface area (Å²) in [5.74, 6) is 1.59. The molecule has 1 fully saturated rings. The Hall–Kier alpha value is -3.07. The zero-order chi connectivity index (χ0) is 19.9. The van der Waals surface area contributed by atoms with Crippen LogP contribution in [-0.2, 0) is 6.54 Å². The van der Waals surface area contributed by atoms with Crippen LogP contribution in [0.1, 0.15) is 44.2 Å². The average Bonchev–Trinajstić information content (AvgIpc) is 2.78. The smallest absolute Gasteiger partial charge is 0.331 e. The molecule has 2 amide bonds. The first kappa shape index (κ1) is 19.7. The fourth-order valence-corrected chi connectivity index (χ4v) is 3.64. The van der Waals surface area contributed by atoms with Gasteiger partial charge in [0.15, 0.2) is 0 Å². The van der Waals surface area contributed by atoms with Crippen molar-refractivity contribution in [3.63, 3.8) is 0 Å². The first-order chi connectivity index (χ1) is 13.8. The summed E-state index contributed by atoms with van der Waals surface area (Å²) in [6.45, 7) is 6.80. The highest BCUT2D eigenvalue weighted by atomic mass is 16.2. The van der Waals surface area contributed by atoms with Crippen LogP contribution < -0.4 is 0 Å². The molecule has 3 aliphatic heterocycles. The molecule has 0 radical (unpaired) electrons. The lowest BCUT2D eigenvalue weighted by Gasteiger charge is -2.42. The Balaban J connectivity index is 0.00000109. The SMILES string of the molecule is CC.N#Cc1ccccc1CN1C(=O)N2CC=CN=C2C=C1N1CCCCC1. The van der Waals surface area contributed by atoms with Crippen molar-refractivity contribution in [1.29, 1.82) is 5.26 Å². The molecule has 6 heteroatoms. The Morgan fingerprint density at radius 1 is 1.14 bits per heavy atom. The molecular formula is C22H27N5O. The minimum atomic E-state index is -0.0797. The monoisotopic (exact) mass is 377 g/mol. The third-order valence-electron chi connectivity index (χ3n) is 5.02. The summed E-state index contributed by atoms with van der Waals surface area (Å²) in [4.78, 5) is 23.3. The van der Waals surface area contributed by atoms with E-state index in [9.17, 15) is 10.1 Å². The maximum absolute atomic E-state index is 13.2. The Kier molecular flexibility index (Phi) is 6.49. The number of nitrogens with zero attached hydrogens (tertiary/aromatic N) is 5. The number of amides is 2. The number of hydrogen-bond acceptors (Lipinski definition) is 4. The Morgan fingerprint density at radius 3 is 2.64 bits per heavy atom. The zero-order valence-electron chi connectivity index (χ0n) is 16.6. The van der Waals surface area contributed by atoms with Gasteiger partial charge in [-0.15, -0.1) is 0 Å². The summed E-state index contributed by atoms with van der Waals surface area (Å²) >= 11 is 0. The summed E-state index contributed by atoms with van der Waals surface area (Å²) < 4.78 is 0. The summed E-state index contributed by atoms with van der Waals surface area (Å²) in [5, 5.41) is 9.40. The molecule has 0 N–H and O–H groups in total. The number of benzene rings is 1. The van der Waals surface area contributed by atoms with Crippen LogP contribution in [-0.4, -0.2) is 46.2 Å². The fourth-order valence-electron chi connectivity index (χ4n) is 3.64. The van der Waals surface area contributed by atoms with Gasteiger partial charge in [-0.05, 0) is 37.0 Å².